The number of aryl methyl sites for hydroxylation is 1. The molecule has 0 aromatic heterocycles. The Kier molecular flexibility index (Phi) is 4.43. The lowest BCUT2D eigenvalue weighted by Crippen LogP contribution is -2.40. The molecule has 0 spiro atoms. The second-order valence-corrected chi connectivity index (χ2v) is 5.21. The third-order valence-electron chi connectivity index (χ3n) is 3.90. The SMILES string of the molecule is CCN1CCCC1CNC(=O)c1ccc(N)cc1C. The first-order valence-corrected chi connectivity index (χ1v) is 7.00. The van der Waals surface area contributed by atoms with Crippen molar-refractivity contribution in [1.29, 1.82) is 0 Å². The third kappa shape index (κ3) is 3.26. The van der Waals surface area contributed by atoms with Gasteiger partial charge in [-0.05, 0) is 56.6 Å². The standard InChI is InChI=1S/C15H23N3O/c1-3-18-8-4-5-13(18)10-17-15(19)14-7-6-12(16)9-11(14)2/h6-7,9,13H,3-5,8,10,16H2,1-2H3,(H,17,19). The van der Waals surface area contributed by atoms with Crippen LogP contribution in [0.25, 0.3) is 0 Å². The number of anilines is 1. The largest absolute Gasteiger partial charge is 0.399 e. The quantitative estimate of drug-likeness (QED) is 0.812. The van der Waals surface area contributed by atoms with E-state index < -0.39 is 0 Å². The fourth-order valence-electron chi connectivity index (χ4n) is 2.79. The molecule has 1 aliphatic rings. The number of rotatable bonds is 4. The van der Waals surface area contributed by atoms with Gasteiger partial charge in [-0.25, -0.2) is 0 Å². The van der Waals surface area contributed by atoms with E-state index >= 15 is 0 Å². The molecule has 4 nitrogen and oxygen atoms in total. The molecule has 0 saturated carbocycles. The van der Waals surface area contributed by atoms with Crippen LogP contribution in [-0.2, 0) is 0 Å². The van der Waals surface area contributed by atoms with Gasteiger partial charge in [-0.3, -0.25) is 9.69 Å². The van der Waals surface area contributed by atoms with Gasteiger partial charge in [0.1, 0.15) is 0 Å². The van der Waals surface area contributed by atoms with E-state index in [0.717, 1.165) is 30.8 Å². The highest BCUT2D eigenvalue weighted by Crippen LogP contribution is 2.16. The zero-order chi connectivity index (χ0) is 13.8. The van der Waals surface area contributed by atoms with Crippen molar-refractivity contribution >= 4 is 11.6 Å². The molecule has 2 rings (SSSR count). The number of hydrogen-bond acceptors (Lipinski definition) is 3. The molecule has 19 heavy (non-hydrogen) atoms. The first-order valence-electron chi connectivity index (χ1n) is 7.00. The fraction of sp³-hybridized carbons (Fsp3) is 0.533. The van der Waals surface area contributed by atoms with Crippen LogP contribution in [0.2, 0.25) is 0 Å². The molecular weight excluding hydrogens is 238 g/mol. The fourth-order valence-corrected chi connectivity index (χ4v) is 2.79. The van der Waals surface area contributed by atoms with Gasteiger partial charge >= 0.3 is 0 Å². The van der Waals surface area contributed by atoms with E-state index in [0.29, 0.717) is 11.7 Å². The number of carbonyl (C=O) groups excluding carboxylic acids is 1. The van der Waals surface area contributed by atoms with Crippen molar-refractivity contribution in [3.8, 4) is 0 Å². The van der Waals surface area contributed by atoms with E-state index in [4.69, 9.17) is 5.73 Å². The second kappa shape index (κ2) is 6.06. The molecule has 1 amide bonds. The molecule has 3 N–H and O–H groups in total. The van der Waals surface area contributed by atoms with Crippen LogP contribution in [0.5, 0.6) is 0 Å². The van der Waals surface area contributed by atoms with Crippen LogP contribution >= 0.6 is 0 Å². The predicted octanol–water partition coefficient (Wildman–Crippen LogP) is 1.79. The number of nitrogens with one attached hydrogen (secondary N) is 1. The normalized spacial score (nSPS) is 19.6. The van der Waals surface area contributed by atoms with Crippen LogP contribution in [0.15, 0.2) is 18.2 Å². The average Bonchev–Trinajstić information content (AvgIpc) is 2.83. The molecule has 0 radical (unpaired) electrons. The highest BCUT2D eigenvalue weighted by atomic mass is 16.1. The van der Waals surface area contributed by atoms with Crippen LogP contribution in [0.3, 0.4) is 0 Å². The Balaban J connectivity index is 1.94. The number of carbonyl (C=O) groups is 1. The lowest BCUT2D eigenvalue weighted by atomic mass is 10.1. The summed E-state index contributed by atoms with van der Waals surface area (Å²) in [4.78, 5) is 14.6. The molecule has 1 aromatic carbocycles. The Morgan fingerprint density at radius 1 is 1.53 bits per heavy atom. The average molecular weight is 261 g/mol. The summed E-state index contributed by atoms with van der Waals surface area (Å²) < 4.78 is 0. The van der Waals surface area contributed by atoms with Crippen LogP contribution in [0.1, 0.15) is 35.7 Å². The number of benzene rings is 1. The summed E-state index contributed by atoms with van der Waals surface area (Å²) in [6.45, 7) is 7.03. The lowest BCUT2D eigenvalue weighted by molar-refractivity contribution is 0.0941. The minimum Gasteiger partial charge on any atom is -0.399 e. The van der Waals surface area contributed by atoms with Crippen molar-refractivity contribution in [2.45, 2.75) is 32.7 Å². The molecule has 1 aromatic rings. The van der Waals surface area contributed by atoms with Gasteiger partial charge in [0.25, 0.3) is 5.91 Å². The Morgan fingerprint density at radius 2 is 2.32 bits per heavy atom. The van der Waals surface area contributed by atoms with E-state index in [1.54, 1.807) is 12.1 Å². The minimum atomic E-state index is 0.000420. The summed E-state index contributed by atoms with van der Waals surface area (Å²) in [5.74, 6) is 0.000420. The van der Waals surface area contributed by atoms with Crippen molar-refractivity contribution in [3.63, 3.8) is 0 Å². The molecular formula is C15H23N3O. The Labute approximate surface area is 115 Å². The minimum absolute atomic E-state index is 0.000420. The summed E-state index contributed by atoms with van der Waals surface area (Å²) >= 11 is 0. The number of amides is 1. The maximum atomic E-state index is 12.2. The monoisotopic (exact) mass is 261 g/mol. The molecule has 1 atom stereocenters. The first-order chi connectivity index (χ1) is 9.11. The molecule has 1 saturated heterocycles. The van der Waals surface area contributed by atoms with E-state index in [-0.39, 0.29) is 5.91 Å². The number of nitrogens with two attached hydrogens (primary N) is 1. The predicted molar refractivity (Wildman–Crippen MR) is 78.2 cm³/mol. The van der Waals surface area contributed by atoms with Crippen molar-refractivity contribution in [2.24, 2.45) is 0 Å². The Bertz CT molecular complexity index is 459. The Morgan fingerprint density at radius 3 is 3.00 bits per heavy atom. The summed E-state index contributed by atoms with van der Waals surface area (Å²) in [5, 5.41) is 3.04. The van der Waals surface area contributed by atoms with Gasteiger partial charge in [0.2, 0.25) is 0 Å². The summed E-state index contributed by atoms with van der Waals surface area (Å²) in [6, 6.07) is 5.90. The molecule has 4 heteroatoms. The van der Waals surface area contributed by atoms with E-state index in [1.807, 2.05) is 13.0 Å². The summed E-state index contributed by atoms with van der Waals surface area (Å²) in [6.07, 6.45) is 2.41. The zero-order valence-electron chi connectivity index (χ0n) is 11.8. The summed E-state index contributed by atoms with van der Waals surface area (Å²) in [5.41, 5.74) is 8.04. The maximum absolute atomic E-state index is 12.2. The van der Waals surface area contributed by atoms with Crippen LogP contribution in [0, 0.1) is 6.92 Å². The van der Waals surface area contributed by atoms with E-state index in [1.165, 1.54) is 12.8 Å². The molecule has 0 bridgehead atoms. The topological polar surface area (TPSA) is 58.4 Å². The smallest absolute Gasteiger partial charge is 0.251 e. The highest BCUT2D eigenvalue weighted by Gasteiger charge is 2.23. The van der Waals surface area contributed by atoms with Crippen LogP contribution < -0.4 is 11.1 Å². The van der Waals surface area contributed by atoms with E-state index in [9.17, 15) is 4.79 Å². The maximum Gasteiger partial charge on any atom is 0.251 e. The molecule has 1 aliphatic heterocycles. The molecule has 1 fully saturated rings. The number of hydrogen-bond donors (Lipinski definition) is 2. The van der Waals surface area contributed by atoms with Crippen LogP contribution in [0.4, 0.5) is 5.69 Å². The van der Waals surface area contributed by atoms with Gasteiger partial charge in [0.05, 0.1) is 0 Å². The second-order valence-electron chi connectivity index (χ2n) is 5.21. The third-order valence-corrected chi connectivity index (χ3v) is 3.90. The van der Waals surface area contributed by atoms with Crippen molar-refractivity contribution in [3.05, 3.63) is 29.3 Å². The number of nitrogens with zero attached hydrogens (tertiary/aromatic N) is 1. The first kappa shape index (κ1) is 13.9. The lowest BCUT2D eigenvalue weighted by Gasteiger charge is -2.23. The molecule has 1 heterocycles. The van der Waals surface area contributed by atoms with Gasteiger partial charge in [-0.15, -0.1) is 0 Å². The summed E-state index contributed by atoms with van der Waals surface area (Å²) in [7, 11) is 0. The van der Waals surface area contributed by atoms with Gasteiger partial charge in [-0.1, -0.05) is 6.92 Å². The van der Waals surface area contributed by atoms with Crippen LogP contribution in [-0.4, -0.2) is 36.5 Å². The van der Waals surface area contributed by atoms with Crippen molar-refractivity contribution < 1.29 is 4.79 Å². The number of nitrogen functional groups attached to an aromatic ring is 1. The Hall–Kier alpha value is -1.55. The van der Waals surface area contributed by atoms with Gasteiger partial charge in [-0.2, -0.15) is 0 Å². The molecule has 1 unspecified atom stereocenters. The highest BCUT2D eigenvalue weighted by molar-refractivity contribution is 5.96. The number of likely N-dealkylation sites (tertiary alicyclic amines) is 1. The number of likely N-dealkylation sites (N-methyl/N-ethyl adjacent to an activating group) is 1. The van der Waals surface area contributed by atoms with Gasteiger partial charge < -0.3 is 11.1 Å². The van der Waals surface area contributed by atoms with Gasteiger partial charge in [0.15, 0.2) is 0 Å². The van der Waals surface area contributed by atoms with Gasteiger partial charge in [0, 0.05) is 23.8 Å². The van der Waals surface area contributed by atoms with Crippen molar-refractivity contribution in [1.82, 2.24) is 10.2 Å². The molecule has 104 valence electrons. The molecule has 0 aliphatic carbocycles. The zero-order valence-corrected chi connectivity index (χ0v) is 11.8. The van der Waals surface area contributed by atoms with E-state index in [2.05, 4.69) is 17.1 Å². The van der Waals surface area contributed by atoms with Crippen molar-refractivity contribution in [2.75, 3.05) is 25.4 Å².